The summed E-state index contributed by atoms with van der Waals surface area (Å²) in [4.78, 5) is 0. The second-order valence-electron chi connectivity index (χ2n) is 5.53. The molecule has 0 aliphatic carbocycles. The normalized spacial score (nSPS) is 12.0. The van der Waals surface area contributed by atoms with Gasteiger partial charge in [-0.25, -0.2) is 0 Å². The average molecular weight is 334 g/mol. The SMILES string of the molecule is CCc1ccc(C(CN)Cc2cc(Cl)cc(OC)c2OC)cc1. The third-order valence-corrected chi connectivity index (χ3v) is 4.35. The topological polar surface area (TPSA) is 44.5 Å². The van der Waals surface area contributed by atoms with Crippen molar-refractivity contribution in [3.05, 3.63) is 58.1 Å². The van der Waals surface area contributed by atoms with Crippen molar-refractivity contribution in [1.29, 1.82) is 0 Å². The van der Waals surface area contributed by atoms with E-state index >= 15 is 0 Å². The molecule has 0 heterocycles. The lowest BCUT2D eigenvalue weighted by Crippen LogP contribution is -2.15. The number of rotatable bonds is 7. The first-order valence-electron chi connectivity index (χ1n) is 7.82. The third-order valence-electron chi connectivity index (χ3n) is 4.13. The van der Waals surface area contributed by atoms with E-state index in [0.717, 1.165) is 24.2 Å². The van der Waals surface area contributed by atoms with Gasteiger partial charge in [0.25, 0.3) is 0 Å². The third kappa shape index (κ3) is 4.18. The van der Waals surface area contributed by atoms with E-state index in [0.29, 0.717) is 17.3 Å². The van der Waals surface area contributed by atoms with E-state index in [2.05, 4.69) is 31.2 Å². The van der Waals surface area contributed by atoms with Crippen LogP contribution in [0.25, 0.3) is 0 Å². The Bertz CT molecular complexity index is 641. The Kier molecular flexibility index (Phi) is 6.31. The number of halogens is 1. The van der Waals surface area contributed by atoms with Crippen molar-refractivity contribution in [1.82, 2.24) is 0 Å². The van der Waals surface area contributed by atoms with Gasteiger partial charge in [0, 0.05) is 22.6 Å². The molecular formula is C19H24ClNO2. The Morgan fingerprint density at radius 2 is 1.78 bits per heavy atom. The van der Waals surface area contributed by atoms with Crippen LogP contribution in [0.3, 0.4) is 0 Å². The molecule has 2 rings (SSSR count). The molecule has 0 aliphatic heterocycles. The van der Waals surface area contributed by atoms with Crippen molar-refractivity contribution in [3.8, 4) is 11.5 Å². The van der Waals surface area contributed by atoms with Crippen LogP contribution < -0.4 is 15.2 Å². The summed E-state index contributed by atoms with van der Waals surface area (Å²) < 4.78 is 10.9. The Hall–Kier alpha value is -1.71. The highest BCUT2D eigenvalue weighted by molar-refractivity contribution is 6.30. The molecule has 2 aromatic carbocycles. The molecule has 0 spiro atoms. The molecule has 1 atom stereocenters. The second kappa shape index (κ2) is 8.23. The van der Waals surface area contributed by atoms with Gasteiger partial charge in [0.2, 0.25) is 0 Å². The number of hydrogen-bond acceptors (Lipinski definition) is 3. The predicted molar refractivity (Wildman–Crippen MR) is 95.9 cm³/mol. The maximum atomic E-state index is 6.20. The number of nitrogens with two attached hydrogens (primary N) is 1. The van der Waals surface area contributed by atoms with Gasteiger partial charge in [0.05, 0.1) is 14.2 Å². The summed E-state index contributed by atoms with van der Waals surface area (Å²) in [5, 5.41) is 0.634. The molecule has 0 aliphatic rings. The smallest absolute Gasteiger partial charge is 0.164 e. The van der Waals surface area contributed by atoms with Crippen molar-refractivity contribution >= 4 is 11.6 Å². The van der Waals surface area contributed by atoms with Crippen LogP contribution in [0.15, 0.2) is 36.4 Å². The Balaban J connectivity index is 2.32. The van der Waals surface area contributed by atoms with Crippen molar-refractivity contribution in [2.45, 2.75) is 25.7 Å². The lowest BCUT2D eigenvalue weighted by Gasteiger charge is -2.19. The minimum Gasteiger partial charge on any atom is -0.493 e. The molecule has 1 unspecified atom stereocenters. The monoisotopic (exact) mass is 333 g/mol. The summed E-state index contributed by atoms with van der Waals surface area (Å²) in [6, 6.07) is 12.3. The van der Waals surface area contributed by atoms with Crippen LogP contribution in [0.5, 0.6) is 11.5 Å². The van der Waals surface area contributed by atoms with Crippen molar-refractivity contribution < 1.29 is 9.47 Å². The Morgan fingerprint density at radius 1 is 1.09 bits per heavy atom. The molecular weight excluding hydrogens is 310 g/mol. The summed E-state index contributed by atoms with van der Waals surface area (Å²) >= 11 is 6.20. The number of methoxy groups -OCH3 is 2. The Labute approximate surface area is 143 Å². The minimum absolute atomic E-state index is 0.206. The standard InChI is InChI=1S/C19H24ClNO2/c1-4-13-5-7-14(8-6-13)16(12-21)9-15-10-17(20)11-18(22-2)19(15)23-3/h5-8,10-11,16H,4,9,12,21H2,1-3H3. The van der Waals surface area contributed by atoms with E-state index in [4.69, 9.17) is 26.8 Å². The molecule has 3 nitrogen and oxygen atoms in total. The summed E-state index contributed by atoms with van der Waals surface area (Å²) in [6.45, 7) is 2.71. The van der Waals surface area contributed by atoms with Crippen LogP contribution in [0, 0.1) is 0 Å². The van der Waals surface area contributed by atoms with Crippen LogP contribution in [0.2, 0.25) is 5.02 Å². The molecule has 0 fully saturated rings. The Morgan fingerprint density at radius 3 is 2.30 bits per heavy atom. The van der Waals surface area contributed by atoms with Gasteiger partial charge in [-0.05, 0) is 36.6 Å². The predicted octanol–water partition coefficient (Wildman–Crippen LogP) is 4.20. The molecule has 0 radical (unpaired) electrons. The molecule has 2 aromatic rings. The summed E-state index contributed by atoms with van der Waals surface area (Å²) in [5.41, 5.74) is 9.58. The summed E-state index contributed by atoms with van der Waals surface area (Å²) in [5.74, 6) is 1.57. The van der Waals surface area contributed by atoms with Crippen LogP contribution in [-0.2, 0) is 12.8 Å². The van der Waals surface area contributed by atoms with Gasteiger partial charge < -0.3 is 15.2 Å². The number of benzene rings is 2. The molecule has 0 saturated carbocycles. The fourth-order valence-corrected chi connectivity index (χ4v) is 3.02. The van der Waals surface area contributed by atoms with Gasteiger partial charge in [0.1, 0.15) is 0 Å². The highest BCUT2D eigenvalue weighted by Crippen LogP contribution is 2.37. The summed E-state index contributed by atoms with van der Waals surface area (Å²) in [7, 11) is 3.25. The maximum Gasteiger partial charge on any atom is 0.164 e. The zero-order valence-electron chi connectivity index (χ0n) is 13.9. The zero-order valence-corrected chi connectivity index (χ0v) is 14.7. The lowest BCUT2D eigenvalue weighted by molar-refractivity contribution is 0.351. The first-order valence-corrected chi connectivity index (χ1v) is 8.20. The van der Waals surface area contributed by atoms with Gasteiger partial charge in [-0.1, -0.05) is 42.8 Å². The number of ether oxygens (including phenoxy) is 2. The van der Waals surface area contributed by atoms with E-state index in [-0.39, 0.29) is 5.92 Å². The fourth-order valence-electron chi connectivity index (χ4n) is 2.79. The molecule has 124 valence electrons. The van der Waals surface area contributed by atoms with Crippen molar-refractivity contribution in [3.63, 3.8) is 0 Å². The van der Waals surface area contributed by atoms with E-state index in [1.807, 2.05) is 6.07 Å². The molecule has 0 saturated heterocycles. The largest absolute Gasteiger partial charge is 0.493 e. The van der Waals surface area contributed by atoms with Crippen LogP contribution >= 0.6 is 11.6 Å². The highest BCUT2D eigenvalue weighted by Gasteiger charge is 2.17. The summed E-state index contributed by atoms with van der Waals surface area (Å²) in [6.07, 6.45) is 1.79. The lowest BCUT2D eigenvalue weighted by atomic mass is 9.90. The van der Waals surface area contributed by atoms with Gasteiger partial charge in [-0.15, -0.1) is 0 Å². The van der Waals surface area contributed by atoms with Crippen LogP contribution in [0.1, 0.15) is 29.5 Å². The maximum absolute atomic E-state index is 6.20. The van der Waals surface area contributed by atoms with E-state index in [9.17, 15) is 0 Å². The zero-order chi connectivity index (χ0) is 16.8. The molecule has 4 heteroatoms. The average Bonchev–Trinajstić information content (AvgIpc) is 2.59. The highest BCUT2D eigenvalue weighted by atomic mass is 35.5. The minimum atomic E-state index is 0.206. The van der Waals surface area contributed by atoms with Crippen LogP contribution in [-0.4, -0.2) is 20.8 Å². The molecule has 0 aromatic heterocycles. The molecule has 23 heavy (non-hydrogen) atoms. The molecule has 0 bridgehead atoms. The van der Waals surface area contributed by atoms with E-state index in [1.54, 1.807) is 20.3 Å². The van der Waals surface area contributed by atoms with Crippen molar-refractivity contribution in [2.24, 2.45) is 5.73 Å². The first-order chi connectivity index (χ1) is 11.1. The quantitative estimate of drug-likeness (QED) is 0.825. The van der Waals surface area contributed by atoms with Gasteiger partial charge in [0.15, 0.2) is 11.5 Å². The number of aryl methyl sites for hydroxylation is 1. The molecule has 0 amide bonds. The number of hydrogen-bond donors (Lipinski definition) is 1. The molecule has 2 N–H and O–H groups in total. The van der Waals surface area contributed by atoms with Gasteiger partial charge in [-0.2, -0.15) is 0 Å². The second-order valence-corrected chi connectivity index (χ2v) is 5.97. The van der Waals surface area contributed by atoms with Gasteiger partial charge in [-0.3, -0.25) is 0 Å². The van der Waals surface area contributed by atoms with Crippen molar-refractivity contribution in [2.75, 3.05) is 20.8 Å². The van der Waals surface area contributed by atoms with E-state index < -0.39 is 0 Å². The van der Waals surface area contributed by atoms with Gasteiger partial charge >= 0.3 is 0 Å². The fraction of sp³-hybridized carbons (Fsp3) is 0.368. The van der Waals surface area contributed by atoms with Crippen LogP contribution in [0.4, 0.5) is 0 Å². The van der Waals surface area contributed by atoms with E-state index in [1.165, 1.54) is 11.1 Å². The first kappa shape index (κ1) is 17.6.